The number of ether oxygens (including phenoxy) is 1. The summed E-state index contributed by atoms with van der Waals surface area (Å²) in [4.78, 5) is 20.4. The minimum Gasteiger partial charge on any atom is -0.497 e. The Morgan fingerprint density at radius 3 is 2.35 bits per heavy atom. The number of guanidine groups is 1. The van der Waals surface area contributed by atoms with Crippen LogP contribution < -0.4 is 20.3 Å². The number of nitrogens with one attached hydrogen (secondary N) is 2. The molecule has 0 aliphatic carbocycles. The van der Waals surface area contributed by atoms with E-state index in [1.165, 1.54) is 6.07 Å². The van der Waals surface area contributed by atoms with Gasteiger partial charge >= 0.3 is 0 Å². The first-order valence-corrected chi connectivity index (χ1v) is 10.1. The van der Waals surface area contributed by atoms with Crippen LogP contribution in [0.4, 0.5) is 14.5 Å². The lowest BCUT2D eigenvalue weighted by molar-refractivity contribution is 0.0954. The molecule has 2 aromatic carbocycles. The van der Waals surface area contributed by atoms with E-state index in [0.29, 0.717) is 56.5 Å². The highest BCUT2D eigenvalue weighted by Crippen LogP contribution is 2.21. The van der Waals surface area contributed by atoms with Crippen LogP contribution in [0.15, 0.2) is 47.5 Å². The van der Waals surface area contributed by atoms with E-state index in [-0.39, 0.29) is 11.6 Å². The van der Waals surface area contributed by atoms with E-state index in [1.54, 1.807) is 38.4 Å². The van der Waals surface area contributed by atoms with Crippen molar-refractivity contribution in [1.82, 2.24) is 15.5 Å². The normalized spacial score (nSPS) is 14.4. The van der Waals surface area contributed by atoms with E-state index in [2.05, 4.69) is 20.5 Å². The van der Waals surface area contributed by atoms with Crippen molar-refractivity contribution in [3.8, 4) is 5.75 Å². The third-order valence-corrected chi connectivity index (χ3v) is 5.09. The highest BCUT2D eigenvalue weighted by atomic mass is 19.1. The van der Waals surface area contributed by atoms with E-state index < -0.39 is 11.6 Å². The number of halogens is 2. The number of hydrogen-bond donors (Lipinski definition) is 2. The van der Waals surface area contributed by atoms with Crippen molar-refractivity contribution in [1.29, 1.82) is 0 Å². The van der Waals surface area contributed by atoms with Crippen molar-refractivity contribution in [2.75, 3.05) is 58.3 Å². The minimum atomic E-state index is -0.451. The molecule has 0 spiro atoms. The van der Waals surface area contributed by atoms with E-state index in [4.69, 9.17) is 4.74 Å². The van der Waals surface area contributed by atoms with E-state index >= 15 is 0 Å². The maximum Gasteiger partial charge on any atom is 0.251 e. The predicted octanol–water partition coefficient (Wildman–Crippen LogP) is 2.10. The summed E-state index contributed by atoms with van der Waals surface area (Å²) in [6.45, 7) is 3.28. The van der Waals surface area contributed by atoms with Crippen LogP contribution in [0, 0.1) is 11.6 Å². The Hall–Kier alpha value is -3.36. The van der Waals surface area contributed by atoms with Crippen LogP contribution in [0.5, 0.6) is 5.75 Å². The van der Waals surface area contributed by atoms with Gasteiger partial charge < -0.3 is 25.2 Å². The van der Waals surface area contributed by atoms with Crippen molar-refractivity contribution in [2.24, 2.45) is 4.99 Å². The molecule has 0 aromatic heterocycles. The Morgan fingerprint density at radius 2 is 1.71 bits per heavy atom. The third-order valence-electron chi connectivity index (χ3n) is 5.09. The molecule has 1 fully saturated rings. The van der Waals surface area contributed by atoms with Crippen LogP contribution in [-0.2, 0) is 0 Å². The molecule has 0 radical (unpaired) electrons. The van der Waals surface area contributed by atoms with Gasteiger partial charge in [0, 0.05) is 57.9 Å². The third kappa shape index (κ3) is 5.84. The fourth-order valence-corrected chi connectivity index (χ4v) is 3.41. The molecule has 31 heavy (non-hydrogen) atoms. The Bertz CT molecular complexity index is 913. The van der Waals surface area contributed by atoms with Gasteiger partial charge in [-0.25, -0.2) is 8.78 Å². The monoisotopic (exact) mass is 431 g/mol. The van der Waals surface area contributed by atoms with Gasteiger partial charge in [0.15, 0.2) is 5.96 Å². The average molecular weight is 431 g/mol. The second kappa shape index (κ2) is 10.6. The Labute approximate surface area is 180 Å². The fourth-order valence-electron chi connectivity index (χ4n) is 3.41. The van der Waals surface area contributed by atoms with Crippen LogP contribution in [-0.4, -0.2) is 70.2 Å². The average Bonchev–Trinajstić information content (AvgIpc) is 2.81. The number of rotatable bonds is 6. The summed E-state index contributed by atoms with van der Waals surface area (Å²) in [7, 11) is 3.27. The summed E-state index contributed by atoms with van der Waals surface area (Å²) in [6, 6.07) is 10.4. The maximum atomic E-state index is 14.0. The molecule has 1 aliphatic rings. The molecule has 1 saturated heterocycles. The van der Waals surface area contributed by atoms with Crippen molar-refractivity contribution >= 4 is 17.6 Å². The number of piperazine rings is 1. The molecule has 7 nitrogen and oxygen atoms in total. The standard InChI is InChI=1S/C22H27F2N5O2/c1-25-22(27-10-9-26-21(30)16-3-6-18(31-2)7-4-16)29-13-11-28(12-14-29)20-15-17(23)5-8-19(20)24/h3-8,15H,9-14H2,1-2H3,(H,25,27)(H,26,30). The number of carbonyl (C=O) groups excluding carboxylic acids is 1. The zero-order chi connectivity index (χ0) is 22.2. The molecule has 3 rings (SSSR count). The molecular weight excluding hydrogens is 404 g/mol. The maximum absolute atomic E-state index is 14.0. The van der Waals surface area contributed by atoms with E-state index in [0.717, 1.165) is 12.1 Å². The lowest BCUT2D eigenvalue weighted by Gasteiger charge is -2.37. The zero-order valence-electron chi connectivity index (χ0n) is 17.7. The first-order chi connectivity index (χ1) is 15.0. The van der Waals surface area contributed by atoms with Crippen LogP contribution >= 0.6 is 0 Å². The predicted molar refractivity (Wildman–Crippen MR) is 117 cm³/mol. The number of anilines is 1. The van der Waals surface area contributed by atoms with Crippen LogP contribution in [0.2, 0.25) is 0 Å². The second-order valence-corrected chi connectivity index (χ2v) is 7.03. The first-order valence-electron chi connectivity index (χ1n) is 10.1. The Balaban J connectivity index is 1.43. The SMILES string of the molecule is CN=C(NCCNC(=O)c1ccc(OC)cc1)N1CCN(c2cc(F)ccc2F)CC1. The number of carbonyl (C=O) groups is 1. The molecule has 1 aliphatic heterocycles. The number of amides is 1. The lowest BCUT2D eigenvalue weighted by Crippen LogP contribution is -2.53. The van der Waals surface area contributed by atoms with E-state index in [9.17, 15) is 13.6 Å². The first kappa shape index (κ1) is 22.3. The number of hydrogen-bond acceptors (Lipinski definition) is 4. The van der Waals surface area contributed by atoms with Crippen LogP contribution in [0.25, 0.3) is 0 Å². The molecule has 2 aromatic rings. The molecular formula is C22H27F2N5O2. The summed E-state index contributed by atoms with van der Waals surface area (Å²) in [5.41, 5.74) is 0.842. The molecule has 0 unspecified atom stereocenters. The summed E-state index contributed by atoms with van der Waals surface area (Å²) >= 11 is 0. The molecule has 0 saturated carbocycles. The summed E-state index contributed by atoms with van der Waals surface area (Å²) < 4.78 is 32.6. The molecule has 1 amide bonds. The topological polar surface area (TPSA) is 69.2 Å². The highest BCUT2D eigenvalue weighted by Gasteiger charge is 2.22. The summed E-state index contributed by atoms with van der Waals surface area (Å²) in [5.74, 6) is 0.364. The fraction of sp³-hybridized carbons (Fsp3) is 0.364. The number of methoxy groups -OCH3 is 1. The van der Waals surface area contributed by atoms with Gasteiger partial charge in [0.05, 0.1) is 12.8 Å². The molecule has 2 N–H and O–H groups in total. The van der Waals surface area contributed by atoms with Crippen molar-refractivity contribution in [3.63, 3.8) is 0 Å². The van der Waals surface area contributed by atoms with Gasteiger partial charge in [-0.2, -0.15) is 0 Å². The zero-order valence-corrected chi connectivity index (χ0v) is 17.7. The van der Waals surface area contributed by atoms with Crippen LogP contribution in [0.1, 0.15) is 10.4 Å². The minimum absolute atomic E-state index is 0.162. The van der Waals surface area contributed by atoms with Gasteiger partial charge in [-0.05, 0) is 36.4 Å². The molecule has 166 valence electrons. The van der Waals surface area contributed by atoms with Crippen molar-refractivity contribution in [2.45, 2.75) is 0 Å². The molecule has 0 bridgehead atoms. The number of nitrogens with zero attached hydrogens (tertiary/aromatic N) is 3. The summed E-state index contributed by atoms with van der Waals surface area (Å²) in [6.07, 6.45) is 0. The lowest BCUT2D eigenvalue weighted by atomic mass is 10.2. The smallest absolute Gasteiger partial charge is 0.251 e. The van der Waals surface area contributed by atoms with Gasteiger partial charge in [-0.1, -0.05) is 0 Å². The quantitative estimate of drug-likeness (QED) is 0.417. The molecule has 1 heterocycles. The Kier molecular flexibility index (Phi) is 7.64. The van der Waals surface area contributed by atoms with Gasteiger partial charge in [0.25, 0.3) is 5.91 Å². The Morgan fingerprint density at radius 1 is 1.03 bits per heavy atom. The van der Waals surface area contributed by atoms with Gasteiger partial charge in [0.1, 0.15) is 17.4 Å². The van der Waals surface area contributed by atoms with Gasteiger partial charge in [0.2, 0.25) is 0 Å². The molecule has 9 heteroatoms. The highest BCUT2D eigenvalue weighted by molar-refractivity contribution is 5.94. The molecule has 0 atom stereocenters. The van der Waals surface area contributed by atoms with Gasteiger partial charge in [-0.15, -0.1) is 0 Å². The van der Waals surface area contributed by atoms with Crippen molar-refractivity contribution in [3.05, 3.63) is 59.7 Å². The van der Waals surface area contributed by atoms with Crippen LogP contribution in [0.3, 0.4) is 0 Å². The van der Waals surface area contributed by atoms with Crippen molar-refractivity contribution < 1.29 is 18.3 Å². The largest absolute Gasteiger partial charge is 0.497 e. The van der Waals surface area contributed by atoms with E-state index in [1.807, 2.05) is 4.90 Å². The summed E-state index contributed by atoms with van der Waals surface area (Å²) in [5, 5.41) is 6.09. The number of aliphatic imine (C=N–C) groups is 1. The van der Waals surface area contributed by atoms with Gasteiger partial charge in [-0.3, -0.25) is 9.79 Å². The number of benzene rings is 2. The second-order valence-electron chi connectivity index (χ2n) is 7.03.